The van der Waals surface area contributed by atoms with Crippen LogP contribution in [0.2, 0.25) is 0 Å². The Labute approximate surface area is 157 Å². The van der Waals surface area contributed by atoms with Gasteiger partial charge in [-0.05, 0) is 36.2 Å². The first-order valence-electron chi connectivity index (χ1n) is 8.46. The van der Waals surface area contributed by atoms with E-state index >= 15 is 0 Å². The number of rotatable bonds is 7. The van der Waals surface area contributed by atoms with E-state index in [4.69, 9.17) is 13.9 Å². The van der Waals surface area contributed by atoms with Crippen molar-refractivity contribution in [2.45, 2.75) is 19.9 Å². The fraction of sp³-hybridized carbons (Fsp3) is 0.250. The predicted octanol–water partition coefficient (Wildman–Crippen LogP) is 2.92. The van der Waals surface area contributed by atoms with Gasteiger partial charge in [-0.3, -0.25) is 4.79 Å². The lowest BCUT2D eigenvalue weighted by Crippen LogP contribution is -2.24. The third-order valence-electron chi connectivity index (χ3n) is 4.09. The summed E-state index contributed by atoms with van der Waals surface area (Å²) < 4.78 is 16.1. The van der Waals surface area contributed by atoms with Gasteiger partial charge in [-0.15, -0.1) is 10.2 Å². The number of hydrogen-bond donors (Lipinski definition) is 1. The quantitative estimate of drug-likeness (QED) is 0.691. The Balaban J connectivity index is 1.59. The van der Waals surface area contributed by atoms with Crippen molar-refractivity contribution in [3.05, 3.63) is 59.5 Å². The Morgan fingerprint density at radius 2 is 1.85 bits per heavy atom. The van der Waals surface area contributed by atoms with Crippen molar-refractivity contribution >= 4 is 5.91 Å². The van der Waals surface area contributed by atoms with Gasteiger partial charge in [0.05, 0.1) is 27.2 Å². The molecule has 0 aliphatic rings. The maximum atomic E-state index is 12.2. The fourth-order valence-corrected chi connectivity index (χ4v) is 2.66. The summed E-state index contributed by atoms with van der Waals surface area (Å²) in [6, 6.07) is 13.1. The summed E-state index contributed by atoms with van der Waals surface area (Å²) in [6.45, 7) is 2.15. The monoisotopic (exact) mass is 367 g/mol. The highest BCUT2D eigenvalue weighted by Crippen LogP contribution is 2.27. The zero-order valence-electron chi connectivity index (χ0n) is 15.5. The third-order valence-corrected chi connectivity index (χ3v) is 4.09. The van der Waals surface area contributed by atoms with Crippen molar-refractivity contribution in [3.63, 3.8) is 0 Å². The molecule has 0 aliphatic carbocycles. The molecule has 27 heavy (non-hydrogen) atoms. The van der Waals surface area contributed by atoms with Crippen molar-refractivity contribution in [2.75, 3.05) is 14.2 Å². The Morgan fingerprint density at radius 3 is 2.59 bits per heavy atom. The van der Waals surface area contributed by atoms with E-state index in [1.165, 1.54) is 0 Å². The van der Waals surface area contributed by atoms with Gasteiger partial charge in [-0.25, -0.2) is 0 Å². The molecular formula is C20H21N3O4. The molecule has 2 aromatic carbocycles. The van der Waals surface area contributed by atoms with E-state index in [0.717, 1.165) is 16.7 Å². The van der Waals surface area contributed by atoms with Crippen molar-refractivity contribution in [2.24, 2.45) is 0 Å². The number of methoxy groups -OCH3 is 2. The number of ether oxygens (including phenoxy) is 2. The first-order valence-corrected chi connectivity index (χ1v) is 8.46. The van der Waals surface area contributed by atoms with Crippen LogP contribution in [0.4, 0.5) is 0 Å². The summed E-state index contributed by atoms with van der Waals surface area (Å²) >= 11 is 0. The van der Waals surface area contributed by atoms with Gasteiger partial charge in [0.2, 0.25) is 17.7 Å². The molecule has 0 atom stereocenters. The highest BCUT2D eigenvalue weighted by atomic mass is 16.5. The van der Waals surface area contributed by atoms with Crippen LogP contribution in [-0.2, 0) is 17.8 Å². The molecule has 0 fully saturated rings. The van der Waals surface area contributed by atoms with Crippen LogP contribution in [0.1, 0.15) is 17.0 Å². The van der Waals surface area contributed by atoms with E-state index in [1.807, 2.05) is 37.3 Å². The molecule has 0 radical (unpaired) electrons. The topological polar surface area (TPSA) is 86.5 Å². The van der Waals surface area contributed by atoms with E-state index in [0.29, 0.717) is 23.3 Å². The average Bonchev–Trinajstić information content (AvgIpc) is 3.15. The number of benzene rings is 2. The van der Waals surface area contributed by atoms with Crippen molar-refractivity contribution in [1.29, 1.82) is 0 Å². The van der Waals surface area contributed by atoms with Gasteiger partial charge >= 0.3 is 0 Å². The van der Waals surface area contributed by atoms with Gasteiger partial charge in [0.25, 0.3) is 0 Å². The number of nitrogens with one attached hydrogen (secondary N) is 1. The number of nitrogens with zero attached hydrogens (tertiary/aromatic N) is 2. The third kappa shape index (κ3) is 4.44. The van der Waals surface area contributed by atoms with E-state index in [-0.39, 0.29) is 18.9 Å². The highest BCUT2D eigenvalue weighted by molar-refractivity contribution is 5.78. The minimum Gasteiger partial charge on any atom is -0.493 e. The molecule has 0 bridgehead atoms. The van der Waals surface area contributed by atoms with Crippen LogP contribution in [0.5, 0.6) is 11.5 Å². The highest BCUT2D eigenvalue weighted by Gasteiger charge is 2.12. The molecule has 1 aromatic heterocycles. The van der Waals surface area contributed by atoms with Crippen LogP contribution in [0.25, 0.3) is 11.5 Å². The Bertz CT molecular complexity index is 936. The number of aryl methyl sites for hydroxylation is 1. The van der Waals surface area contributed by atoms with Crippen LogP contribution in [0.3, 0.4) is 0 Å². The first-order chi connectivity index (χ1) is 13.1. The van der Waals surface area contributed by atoms with Crippen LogP contribution >= 0.6 is 0 Å². The maximum Gasteiger partial charge on any atom is 0.248 e. The van der Waals surface area contributed by atoms with Crippen molar-refractivity contribution in [3.8, 4) is 23.0 Å². The zero-order chi connectivity index (χ0) is 19.2. The summed E-state index contributed by atoms with van der Waals surface area (Å²) in [6.07, 6.45) is 0.207. The van der Waals surface area contributed by atoms with Crippen molar-refractivity contribution in [1.82, 2.24) is 15.5 Å². The minimum absolute atomic E-state index is 0.155. The van der Waals surface area contributed by atoms with Crippen molar-refractivity contribution < 1.29 is 18.7 Å². The van der Waals surface area contributed by atoms with Crippen LogP contribution in [0.15, 0.2) is 46.9 Å². The summed E-state index contributed by atoms with van der Waals surface area (Å²) in [5.74, 6) is 1.85. The molecule has 0 saturated carbocycles. The SMILES string of the molecule is COc1ccc(CC(=O)NCc2nnc(-c3ccccc3C)o2)cc1OC. The second-order valence-corrected chi connectivity index (χ2v) is 5.96. The molecule has 1 amide bonds. The molecule has 7 heteroatoms. The Hall–Kier alpha value is -3.35. The second-order valence-electron chi connectivity index (χ2n) is 5.96. The minimum atomic E-state index is -0.155. The average molecular weight is 367 g/mol. The molecule has 3 rings (SSSR count). The Kier molecular flexibility index (Phi) is 5.71. The van der Waals surface area contributed by atoms with Gasteiger partial charge in [0, 0.05) is 5.56 Å². The lowest BCUT2D eigenvalue weighted by Gasteiger charge is -2.09. The lowest BCUT2D eigenvalue weighted by molar-refractivity contribution is -0.120. The standard InChI is InChI=1S/C20H21N3O4/c1-13-6-4-5-7-15(13)20-23-22-19(27-20)12-21-18(24)11-14-8-9-16(25-2)17(10-14)26-3/h4-10H,11-12H2,1-3H3,(H,21,24). The summed E-state index contributed by atoms with van der Waals surface area (Å²) in [4.78, 5) is 12.2. The second kappa shape index (κ2) is 8.35. The van der Waals surface area contributed by atoms with Crippen LogP contribution in [0, 0.1) is 6.92 Å². The van der Waals surface area contributed by atoms with Crippen LogP contribution in [-0.4, -0.2) is 30.3 Å². The summed E-state index contributed by atoms with van der Waals surface area (Å²) in [5, 5.41) is 10.8. The predicted molar refractivity (Wildman–Crippen MR) is 99.6 cm³/mol. The maximum absolute atomic E-state index is 12.2. The fourth-order valence-electron chi connectivity index (χ4n) is 2.66. The number of aromatic nitrogens is 2. The molecule has 7 nitrogen and oxygen atoms in total. The summed E-state index contributed by atoms with van der Waals surface area (Å²) in [5.41, 5.74) is 2.74. The largest absolute Gasteiger partial charge is 0.493 e. The van der Waals surface area contributed by atoms with Gasteiger partial charge in [0.15, 0.2) is 11.5 Å². The van der Waals surface area contributed by atoms with E-state index in [2.05, 4.69) is 15.5 Å². The van der Waals surface area contributed by atoms with E-state index in [1.54, 1.807) is 26.4 Å². The zero-order valence-corrected chi connectivity index (χ0v) is 15.5. The smallest absolute Gasteiger partial charge is 0.248 e. The van der Waals surface area contributed by atoms with Gasteiger partial charge in [0.1, 0.15) is 0 Å². The molecule has 0 saturated heterocycles. The molecular weight excluding hydrogens is 346 g/mol. The van der Waals surface area contributed by atoms with E-state index < -0.39 is 0 Å². The van der Waals surface area contributed by atoms with Gasteiger partial charge < -0.3 is 19.2 Å². The molecule has 0 spiro atoms. The number of carbonyl (C=O) groups excluding carboxylic acids is 1. The normalized spacial score (nSPS) is 10.5. The first kappa shape index (κ1) is 18.4. The van der Waals surface area contributed by atoms with E-state index in [9.17, 15) is 4.79 Å². The van der Waals surface area contributed by atoms with Gasteiger partial charge in [-0.1, -0.05) is 24.3 Å². The molecule has 3 aromatic rings. The molecule has 1 heterocycles. The number of hydrogen-bond acceptors (Lipinski definition) is 6. The number of carbonyl (C=O) groups is 1. The molecule has 0 aliphatic heterocycles. The van der Waals surface area contributed by atoms with Crippen LogP contribution < -0.4 is 14.8 Å². The summed E-state index contributed by atoms with van der Waals surface area (Å²) in [7, 11) is 3.13. The molecule has 1 N–H and O–H groups in total. The Morgan fingerprint density at radius 1 is 1.07 bits per heavy atom. The molecule has 0 unspecified atom stereocenters. The number of amides is 1. The molecule has 140 valence electrons. The lowest BCUT2D eigenvalue weighted by atomic mass is 10.1. The van der Waals surface area contributed by atoms with Gasteiger partial charge in [-0.2, -0.15) is 0 Å².